The van der Waals surface area contributed by atoms with Crippen molar-refractivity contribution in [1.29, 1.82) is 0 Å². The Kier molecular flexibility index (Phi) is 5.28. The molecule has 0 fully saturated rings. The summed E-state index contributed by atoms with van der Waals surface area (Å²) >= 11 is 5.88. The number of nitrogens with zero attached hydrogens (tertiary/aromatic N) is 1. The van der Waals surface area contributed by atoms with Gasteiger partial charge in [0, 0.05) is 10.7 Å². The minimum absolute atomic E-state index is 0.301. The number of hydrogen-bond acceptors (Lipinski definition) is 3. The van der Waals surface area contributed by atoms with Gasteiger partial charge in [-0.3, -0.25) is 9.10 Å². The average Bonchev–Trinajstić information content (AvgIpc) is 2.47. The molecule has 0 heterocycles. The first kappa shape index (κ1) is 17.3. The van der Waals surface area contributed by atoms with Crippen molar-refractivity contribution in [2.75, 3.05) is 22.4 Å². The minimum atomic E-state index is -3.57. The largest absolute Gasteiger partial charge is 0.324 e. The fraction of sp³-hybridized carbons (Fsp3) is 0.188. The fourth-order valence-electron chi connectivity index (χ4n) is 2.08. The molecule has 2 aromatic rings. The highest BCUT2D eigenvalue weighted by Crippen LogP contribution is 2.20. The molecule has 0 bridgehead atoms. The van der Waals surface area contributed by atoms with Crippen LogP contribution in [0.4, 0.5) is 11.4 Å². The van der Waals surface area contributed by atoms with Crippen molar-refractivity contribution in [2.45, 2.75) is 6.92 Å². The lowest BCUT2D eigenvalue weighted by Gasteiger charge is -2.22. The van der Waals surface area contributed by atoms with E-state index in [2.05, 4.69) is 5.32 Å². The number of benzene rings is 2. The smallest absolute Gasteiger partial charge is 0.245 e. The zero-order valence-electron chi connectivity index (χ0n) is 12.8. The lowest BCUT2D eigenvalue weighted by atomic mass is 10.2. The number of amides is 1. The summed E-state index contributed by atoms with van der Waals surface area (Å²) in [6.45, 7) is 1.51. The van der Waals surface area contributed by atoms with Crippen LogP contribution in [0.15, 0.2) is 48.5 Å². The maximum atomic E-state index is 12.2. The molecule has 0 saturated heterocycles. The van der Waals surface area contributed by atoms with Gasteiger partial charge in [-0.25, -0.2) is 8.42 Å². The second-order valence-corrected chi connectivity index (χ2v) is 7.46. The molecule has 5 nitrogen and oxygen atoms in total. The molecule has 23 heavy (non-hydrogen) atoms. The van der Waals surface area contributed by atoms with Crippen molar-refractivity contribution in [1.82, 2.24) is 0 Å². The predicted molar refractivity (Wildman–Crippen MR) is 93.5 cm³/mol. The van der Waals surface area contributed by atoms with Crippen molar-refractivity contribution < 1.29 is 13.2 Å². The number of hydrogen-bond donors (Lipinski definition) is 1. The summed E-state index contributed by atoms with van der Waals surface area (Å²) in [5, 5.41) is 3.28. The quantitative estimate of drug-likeness (QED) is 0.899. The zero-order valence-corrected chi connectivity index (χ0v) is 14.4. The molecule has 2 rings (SSSR count). The zero-order chi connectivity index (χ0) is 17.0. The van der Waals surface area contributed by atoms with E-state index in [0.717, 1.165) is 16.1 Å². The van der Waals surface area contributed by atoms with Crippen LogP contribution < -0.4 is 9.62 Å². The van der Waals surface area contributed by atoms with Crippen LogP contribution in [-0.4, -0.2) is 27.1 Å². The first-order valence-corrected chi connectivity index (χ1v) is 9.09. The van der Waals surface area contributed by atoms with Gasteiger partial charge in [0.2, 0.25) is 15.9 Å². The highest BCUT2D eigenvalue weighted by atomic mass is 35.5. The Morgan fingerprint density at radius 1 is 1.17 bits per heavy atom. The molecule has 2 aromatic carbocycles. The van der Waals surface area contributed by atoms with Crippen LogP contribution in [0.5, 0.6) is 0 Å². The average molecular weight is 353 g/mol. The van der Waals surface area contributed by atoms with Gasteiger partial charge in [-0.05, 0) is 42.8 Å². The van der Waals surface area contributed by atoms with Crippen molar-refractivity contribution in [3.05, 3.63) is 59.1 Å². The molecule has 0 aliphatic heterocycles. The molecule has 0 unspecified atom stereocenters. The van der Waals surface area contributed by atoms with E-state index >= 15 is 0 Å². The Morgan fingerprint density at radius 3 is 2.39 bits per heavy atom. The number of carbonyl (C=O) groups is 1. The van der Waals surface area contributed by atoms with Crippen LogP contribution in [0, 0.1) is 6.92 Å². The molecule has 0 aliphatic carbocycles. The number of rotatable bonds is 5. The van der Waals surface area contributed by atoms with Gasteiger partial charge in [-0.1, -0.05) is 29.8 Å². The minimum Gasteiger partial charge on any atom is -0.324 e. The lowest BCUT2D eigenvalue weighted by Crippen LogP contribution is -2.37. The van der Waals surface area contributed by atoms with Crippen LogP contribution in [0.25, 0.3) is 0 Å². The van der Waals surface area contributed by atoms with Crippen molar-refractivity contribution in [3.8, 4) is 0 Å². The Balaban J connectivity index is 2.19. The molecule has 0 atom stereocenters. The molecule has 7 heteroatoms. The maximum Gasteiger partial charge on any atom is 0.245 e. The molecule has 0 aliphatic rings. The molecule has 1 amide bonds. The molecule has 0 saturated carbocycles. The van der Waals surface area contributed by atoms with Crippen LogP contribution in [-0.2, 0) is 14.8 Å². The van der Waals surface area contributed by atoms with E-state index < -0.39 is 15.9 Å². The molecule has 0 spiro atoms. The predicted octanol–water partition coefficient (Wildman–Crippen LogP) is 3.05. The number of anilines is 2. The van der Waals surface area contributed by atoms with E-state index in [-0.39, 0.29) is 6.54 Å². The third-order valence-electron chi connectivity index (χ3n) is 3.19. The van der Waals surface area contributed by atoms with E-state index in [0.29, 0.717) is 16.4 Å². The van der Waals surface area contributed by atoms with Gasteiger partial charge in [0.05, 0.1) is 11.9 Å². The second kappa shape index (κ2) is 7.02. The molecule has 0 aromatic heterocycles. The van der Waals surface area contributed by atoms with Gasteiger partial charge >= 0.3 is 0 Å². The first-order chi connectivity index (χ1) is 10.8. The van der Waals surface area contributed by atoms with Crippen LogP contribution in [0.1, 0.15) is 5.56 Å². The van der Waals surface area contributed by atoms with Gasteiger partial charge in [-0.2, -0.15) is 0 Å². The van der Waals surface area contributed by atoms with Crippen molar-refractivity contribution in [3.63, 3.8) is 0 Å². The van der Waals surface area contributed by atoms with Gasteiger partial charge in [0.1, 0.15) is 6.54 Å². The topological polar surface area (TPSA) is 66.5 Å². The molecule has 122 valence electrons. The normalized spacial score (nSPS) is 11.1. The number of nitrogens with one attached hydrogen (secondary N) is 1. The summed E-state index contributed by atoms with van der Waals surface area (Å²) in [6.07, 6.45) is 1.07. The van der Waals surface area contributed by atoms with E-state index in [9.17, 15) is 13.2 Å². The van der Waals surface area contributed by atoms with E-state index in [4.69, 9.17) is 11.6 Å². The molecule has 1 N–H and O–H groups in total. The summed E-state index contributed by atoms with van der Waals surface area (Å²) in [4.78, 5) is 12.2. The van der Waals surface area contributed by atoms with Gasteiger partial charge < -0.3 is 5.32 Å². The van der Waals surface area contributed by atoms with Crippen LogP contribution >= 0.6 is 11.6 Å². The number of halogens is 1. The molecular weight excluding hydrogens is 336 g/mol. The van der Waals surface area contributed by atoms with Crippen LogP contribution in [0.3, 0.4) is 0 Å². The molecular formula is C16H17ClN2O3S. The number of carbonyl (C=O) groups excluding carboxylic acids is 1. The van der Waals surface area contributed by atoms with Crippen molar-refractivity contribution >= 4 is 38.9 Å². The Bertz CT molecular complexity index is 807. The fourth-order valence-corrected chi connectivity index (χ4v) is 3.16. The summed E-state index contributed by atoms with van der Waals surface area (Å²) in [5.41, 5.74) is 1.84. The SMILES string of the molecule is Cc1cc(Cl)ccc1NC(=O)CN(c1ccccc1)S(C)(=O)=O. The van der Waals surface area contributed by atoms with Crippen LogP contribution in [0.2, 0.25) is 5.02 Å². The Morgan fingerprint density at radius 2 is 1.83 bits per heavy atom. The number of aryl methyl sites for hydroxylation is 1. The third-order valence-corrected chi connectivity index (χ3v) is 4.57. The lowest BCUT2D eigenvalue weighted by molar-refractivity contribution is -0.114. The Labute approximate surface area is 140 Å². The monoisotopic (exact) mass is 352 g/mol. The summed E-state index contributed by atoms with van der Waals surface area (Å²) in [5.74, 6) is -0.426. The second-order valence-electron chi connectivity index (χ2n) is 5.11. The highest BCUT2D eigenvalue weighted by molar-refractivity contribution is 7.92. The van der Waals surface area contributed by atoms with E-state index in [1.165, 1.54) is 0 Å². The first-order valence-electron chi connectivity index (χ1n) is 6.86. The van der Waals surface area contributed by atoms with Gasteiger partial charge in [0.25, 0.3) is 0 Å². The summed E-state index contributed by atoms with van der Waals surface area (Å²) in [6, 6.07) is 13.6. The van der Waals surface area contributed by atoms with E-state index in [1.807, 2.05) is 6.92 Å². The highest BCUT2D eigenvalue weighted by Gasteiger charge is 2.20. The van der Waals surface area contributed by atoms with E-state index in [1.54, 1.807) is 48.5 Å². The Hall–Kier alpha value is -2.05. The molecule has 0 radical (unpaired) electrons. The van der Waals surface area contributed by atoms with Gasteiger partial charge in [0.15, 0.2) is 0 Å². The van der Waals surface area contributed by atoms with Crippen molar-refractivity contribution in [2.24, 2.45) is 0 Å². The number of para-hydroxylation sites is 1. The summed E-state index contributed by atoms with van der Waals surface area (Å²) in [7, 11) is -3.57. The third kappa shape index (κ3) is 4.71. The maximum absolute atomic E-state index is 12.2. The van der Waals surface area contributed by atoms with Gasteiger partial charge in [-0.15, -0.1) is 0 Å². The summed E-state index contributed by atoms with van der Waals surface area (Å²) < 4.78 is 25.0. The standard InChI is InChI=1S/C16H17ClN2O3S/c1-12-10-13(17)8-9-15(12)18-16(20)11-19(23(2,21)22)14-6-4-3-5-7-14/h3-10H,11H2,1-2H3,(H,18,20). The number of sulfonamides is 1.